The van der Waals surface area contributed by atoms with Crippen molar-refractivity contribution in [3.63, 3.8) is 0 Å². The molecule has 6 nitrogen and oxygen atoms in total. The molecule has 0 aromatic rings. The van der Waals surface area contributed by atoms with Crippen molar-refractivity contribution >= 4 is 11.9 Å². The predicted molar refractivity (Wildman–Crippen MR) is 154 cm³/mol. The second-order valence-corrected chi connectivity index (χ2v) is 15.6. The molecule has 0 radical (unpaired) electrons. The quantitative estimate of drug-likeness (QED) is 0.303. The Balaban J connectivity index is 1.51. The molecule has 11 atom stereocenters. The van der Waals surface area contributed by atoms with Gasteiger partial charge in [-0.15, -0.1) is 0 Å². The van der Waals surface area contributed by atoms with Gasteiger partial charge in [0.05, 0.1) is 19.3 Å². The summed E-state index contributed by atoms with van der Waals surface area (Å²) in [7, 11) is 0. The van der Waals surface area contributed by atoms with E-state index in [0.29, 0.717) is 30.3 Å². The molecular weight excluding hydrogens is 504 g/mol. The van der Waals surface area contributed by atoms with E-state index in [1.165, 1.54) is 13.8 Å². The van der Waals surface area contributed by atoms with Gasteiger partial charge in [0, 0.05) is 24.7 Å². The third-order valence-electron chi connectivity index (χ3n) is 14.3. The van der Waals surface area contributed by atoms with Gasteiger partial charge in [0.1, 0.15) is 6.61 Å². The van der Waals surface area contributed by atoms with Gasteiger partial charge in [-0.3, -0.25) is 9.59 Å². The van der Waals surface area contributed by atoms with Crippen LogP contribution in [-0.4, -0.2) is 48.1 Å². The molecule has 2 N–H and O–H groups in total. The highest BCUT2D eigenvalue weighted by atomic mass is 16.5. The summed E-state index contributed by atoms with van der Waals surface area (Å²) in [6.07, 6.45) is 10.0. The second-order valence-electron chi connectivity index (χ2n) is 15.6. The summed E-state index contributed by atoms with van der Waals surface area (Å²) < 4.78 is 11.2. The highest BCUT2D eigenvalue weighted by Gasteiger charge is 2.71. The lowest BCUT2D eigenvalue weighted by molar-refractivity contribution is -0.255. The van der Waals surface area contributed by atoms with Crippen molar-refractivity contribution in [2.45, 2.75) is 112 Å². The molecule has 5 aliphatic carbocycles. The summed E-state index contributed by atoms with van der Waals surface area (Å²) in [6, 6.07) is 0. The van der Waals surface area contributed by atoms with E-state index >= 15 is 0 Å². The molecule has 5 rings (SSSR count). The lowest BCUT2D eigenvalue weighted by Crippen LogP contribution is -2.67. The number of carbonyl (C=O) groups is 2. The van der Waals surface area contributed by atoms with E-state index in [-0.39, 0.29) is 52.7 Å². The zero-order valence-electron chi connectivity index (χ0n) is 25.9. The van der Waals surface area contributed by atoms with Gasteiger partial charge in [0.25, 0.3) is 0 Å². The van der Waals surface area contributed by atoms with E-state index in [0.717, 1.165) is 69.8 Å². The molecule has 0 aromatic heterocycles. The molecule has 0 heterocycles. The molecule has 5 aliphatic rings. The molecule has 5 saturated carbocycles. The van der Waals surface area contributed by atoms with Crippen LogP contribution in [0.15, 0.2) is 12.2 Å². The first-order valence-corrected chi connectivity index (χ1v) is 15.9. The number of hydrogen-bond donors (Lipinski definition) is 2. The van der Waals surface area contributed by atoms with Crippen molar-refractivity contribution in [2.75, 3.05) is 19.8 Å². The largest absolute Gasteiger partial charge is 0.465 e. The minimum atomic E-state index is -0.442. The van der Waals surface area contributed by atoms with Crippen LogP contribution in [0.5, 0.6) is 0 Å². The number of esters is 2. The van der Waals surface area contributed by atoms with Gasteiger partial charge >= 0.3 is 11.9 Å². The Hall–Kier alpha value is -1.40. The van der Waals surface area contributed by atoms with Crippen LogP contribution >= 0.6 is 0 Å². The standard InChI is InChI=1S/C34H54O6/c1-21(18-39-22(2)36)24-10-15-34(20-40-23(3)37)17-16-32(6)25(29(24)34)8-9-27-30(4)13-12-28(38)31(5,19-35)26(30)11-14-33(27,32)7/h24-29,35,38H,1,8-20H2,2-7H3/t24-,25+,26+,27+,28?,29+,30-,31?,32+,33+,34+/m0/s1. The zero-order chi connectivity index (χ0) is 29.3. The van der Waals surface area contributed by atoms with Gasteiger partial charge in [-0.2, -0.15) is 0 Å². The van der Waals surface area contributed by atoms with Gasteiger partial charge in [-0.05, 0) is 116 Å². The first kappa shape index (κ1) is 30.1. The highest BCUT2D eigenvalue weighted by Crippen LogP contribution is 2.77. The third-order valence-corrected chi connectivity index (χ3v) is 14.3. The second kappa shape index (κ2) is 10.1. The Morgan fingerprint density at radius 3 is 2.17 bits per heavy atom. The Morgan fingerprint density at radius 1 is 0.825 bits per heavy atom. The number of carbonyl (C=O) groups excluding carboxylic acids is 2. The molecular formula is C34H54O6. The normalized spacial score (nSPS) is 49.6. The Morgan fingerprint density at radius 2 is 1.52 bits per heavy atom. The van der Waals surface area contributed by atoms with E-state index in [2.05, 4.69) is 34.3 Å². The van der Waals surface area contributed by atoms with Crippen LogP contribution in [0, 0.1) is 56.7 Å². The van der Waals surface area contributed by atoms with E-state index in [4.69, 9.17) is 9.47 Å². The smallest absolute Gasteiger partial charge is 0.302 e. The van der Waals surface area contributed by atoms with Crippen molar-refractivity contribution in [3.8, 4) is 0 Å². The molecule has 0 bridgehead atoms. The van der Waals surface area contributed by atoms with E-state index in [1.54, 1.807) is 0 Å². The van der Waals surface area contributed by atoms with Gasteiger partial charge in [-0.25, -0.2) is 0 Å². The summed E-state index contributed by atoms with van der Waals surface area (Å²) in [5, 5.41) is 21.5. The van der Waals surface area contributed by atoms with Gasteiger partial charge < -0.3 is 19.7 Å². The molecule has 2 unspecified atom stereocenters. The fraction of sp³-hybridized carbons (Fsp3) is 0.882. The number of ether oxygens (including phenoxy) is 2. The fourth-order valence-corrected chi connectivity index (χ4v) is 12.0. The molecule has 5 fully saturated rings. The topological polar surface area (TPSA) is 93.1 Å². The van der Waals surface area contributed by atoms with Crippen molar-refractivity contribution in [3.05, 3.63) is 12.2 Å². The van der Waals surface area contributed by atoms with Gasteiger partial charge in [0.15, 0.2) is 0 Å². The van der Waals surface area contributed by atoms with Crippen molar-refractivity contribution < 1.29 is 29.3 Å². The fourth-order valence-electron chi connectivity index (χ4n) is 12.0. The number of hydrogen-bond acceptors (Lipinski definition) is 6. The van der Waals surface area contributed by atoms with Crippen molar-refractivity contribution in [2.24, 2.45) is 56.7 Å². The summed E-state index contributed by atoms with van der Waals surface area (Å²) >= 11 is 0. The van der Waals surface area contributed by atoms with Crippen LogP contribution < -0.4 is 0 Å². The van der Waals surface area contributed by atoms with Crippen LogP contribution in [0.25, 0.3) is 0 Å². The highest BCUT2D eigenvalue weighted by molar-refractivity contribution is 5.66. The van der Waals surface area contributed by atoms with E-state index in [9.17, 15) is 19.8 Å². The Bertz CT molecular complexity index is 1040. The first-order valence-electron chi connectivity index (χ1n) is 15.9. The number of fused-ring (bicyclic) bond motifs is 7. The minimum absolute atomic E-state index is 0.0462. The first-order chi connectivity index (χ1) is 18.7. The third kappa shape index (κ3) is 4.16. The maximum Gasteiger partial charge on any atom is 0.302 e. The molecule has 6 heteroatoms. The number of rotatable bonds is 6. The maximum atomic E-state index is 12.0. The molecule has 0 saturated heterocycles. The van der Waals surface area contributed by atoms with Crippen LogP contribution in [0.1, 0.15) is 106 Å². The van der Waals surface area contributed by atoms with Crippen LogP contribution in [-0.2, 0) is 19.1 Å². The van der Waals surface area contributed by atoms with Crippen LogP contribution in [0.4, 0.5) is 0 Å². The van der Waals surface area contributed by atoms with Gasteiger partial charge in [0.2, 0.25) is 0 Å². The summed E-state index contributed by atoms with van der Waals surface area (Å²) in [5.74, 6) is 1.48. The molecule has 0 spiro atoms. The van der Waals surface area contributed by atoms with Crippen molar-refractivity contribution in [1.29, 1.82) is 0 Å². The number of aliphatic hydroxyl groups is 2. The monoisotopic (exact) mass is 558 g/mol. The number of aliphatic hydroxyl groups excluding tert-OH is 2. The molecule has 0 aromatic carbocycles. The zero-order valence-corrected chi connectivity index (χ0v) is 25.9. The molecule has 40 heavy (non-hydrogen) atoms. The SMILES string of the molecule is C=C(COC(C)=O)[C@@H]1CC[C@]2(COC(C)=O)CC[C@]3(C)[C@H](CC[C@@H]4[C@@]5(C)CCC(O)C(C)(CO)[C@@H]5CC[C@]43C)[C@@H]12. The van der Waals surface area contributed by atoms with E-state index in [1.807, 2.05) is 0 Å². The Labute approximate surface area is 241 Å². The summed E-state index contributed by atoms with van der Waals surface area (Å²) in [6.45, 7) is 18.0. The maximum absolute atomic E-state index is 12.0. The molecule has 0 amide bonds. The molecule has 0 aliphatic heterocycles. The molecule has 226 valence electrons. The summed E-state index contributed by atoms with van der Waals surface area (Å²) in [4.78, 5) is 23.6. The average molecular weight is 559 g/mol. The lowest BCUT2D eigenvalue weighted by Gasteiger charge is -2.73. The lowest BCUT2D eigenvalue weighted by atomic mass is 9.32. The predicted octanol–water partition coefficient (Wildman–Crippen LogP) is 6.08. The van der Waals surface area contributed by atoms with E-state index < -0.39 is 11.5 Å². The Kier molecular flexibility index (Phi) is 7.60. The van der Waals surface area contributed by atoms with Crippen LogP contribution in [0.2, 0.25) is 0 Å². The van der Waals surface area contributed by atoms with Crippen LogP contribution in [0.3, 0.4) is 0 Å². The van der Waals surface area contributed by atoms with Crippen molar-refractivity contribution in [1.82, 2.24) is 0 Å². The average Bonchev–Trinajstić information content (AvgIpc) is 3.29. The van der Waals surface area contributed by atoms with Gasteiger partial charge in [-0.1, -0.05) is 34.3 Å². The summed E-state index contributed by atoms with van der Waals surface area (Å²) in [5.41, 5.74) is 0.897. The minimum Gasteiger partial charge on any atom is -0.465 e.